The van der Waals surface area contributed by atoms with E-state index in [-0.39, 0.29) is 19.4 Å². The van der Waals surface area contributed by atoms with Gasteiger partial charge in [-0.2, -0.15) is 0 Å². The van der Waals surface area contributed by atoms with Crippen LogP contribution in [0.2, 0.25) is 0 Å². The van der Waals surface area contributed by atoms with Crippen LogP contribution >= 0.6 is 0 Å². The number of primary amides is 1. The molecule has 2 unspecified atom stereocenters. The lowest BCUT2D eigenvalue weighted by Crippen LogP contribution is -2.52. The molecule has 0 fully saturated rings. The molecule has 9 nitrogen and oxygen atoms in total. The minimum absolute atomic E-state index is 0.0470. The highest BCUT2D eigenvalue weighted by Crippen LogP contribution is 2.27. The fourth-order valence-electron chi connectivity index (χ4n) is 4.37. The highest BCUT2D eigenvalue weighted by Gasteiger charge is 2.36. The molecule has 0 saturated heterocycles. The summed E-state index contributed by atoms with van der Waals surface area (Å²) >= 11 is 0. The van der Waals surface area contributed by atoms with Gasteiger partial charge in [0.15, 0.2) is 0 Å². The predicted octanol–water partition coefficient (Wildman–Crippen LogP) is 4.67. The molecule has 3 aromatic carbocycles. The van der Waals surface area contributed by atoms with Crippen molar-refractivity contribution in [2.24, 2.45) is 5.73 Å². The summed E-state index contributed by atoms with van der Waals surface area (Å²) in [5.41, 5.74) is 6.14. The molecule has 218 valence electrons. The number of nitrogens with two attached hydrogens (primary N) is 1. The zero-order chi connectivity index (χ0) is 30.9. The van der Waals surface area contributed by atoms with Gasteiger partial charge < -0.3 is 26.0 Å². The summed E-state index contributed by atoms with van der Waals surface area (Å²) in [6.07, 6.45) is 5.87. The van der Waals surface area contributed by atoms with Crippen LogP contribution in [-0.2, 0) is 19.1 Å². The molecule has 4 amide bonds. The van der Waals surface area contributed by atoms with Crippen molar-refractivity contribution in [2.45, 2.75) is 51.3 Å². The van der Waals surface area contributed by atoms with Crippen LogP contribution in [0.25, 0.3) is 10.8 Å². The van der Waals surface area contributed by atoms with Crippen molar-refractivity contribution < 1.29 is 23.9 Å². The molecule has 0 aliphatic rings. The summed E-state index contributed by atoms with van der Waals surface area (Å²) in [6.45, 7) is 8.77. The quantitative estimate of drug-likeness (QED) is 0.229. The van der Waals surface area contributed by atoms with Gasteiger partial charge in [0.05, 0.1) is 0 Å². The number of nitrogens with one attached hydrogen (secondary N) is 2. The molecule has 2 atom stereocenters. The number of ether oxygens (including phenoxy) is 1. The highest BCUT2D eigenvalue weighted by molar-refractivity contribution is 6.00. The second-order valence-electron chi connectivity index (χ2n) is 10.7. The molecule has 42 heavy (non-hydrogen) atoms. The average Bonchev–Trinajstić information content (AvgIpc) is 2.94. The lowest BCUT2D eigenvalue weighted by molar-refractivity contribution is -0.140. The number of terminal acetylenes is 1. The first kappa shape index (κ1) is 31.4. The third-order valence-electron chi connectivity index (χ3n) is 6.25. The van der Waals surface area contributed by atoms with Crippen molar-refractivity contribution in [3.8, 4) is 12.3 Å². The van der Waals surface area contributed by atoms with Gasteiger partial charge in [0, 0.05) is 24.2 Å². The molecule has 0 aliphatic carbocycles. The van der Waals surface area contributed by atoms with Gasteiger partial charge in [-0.25, -0.2) is 4.79 Å². The van der Waals surface area contributed by atoms with Gasteiger partial charge in [-0.3, -0.25) is 14.4 Å². The van der Waals surface area contributed by atoms with Crippen LogP contribution in [0.3, 0.4) is 0 Å². The van der Waals surface area contributed by atoms with Crippen molar-refractivity contribution in [3.63, 3.8) is 0 Å². The molecular formula is C33H36N4O5. The van der Waals surface area contributed by atoms with Crippen LogP contribution in [0.15, 0.2) is 79.4 Å². The SMILES string of the molecule is C#Cc1ccc(C(C(=O)Nc2ccc3ccccc3c2)N(CC=C)C(=O)C(CCC(N)=O)NC(=O)OC(C)(C)C)cc1. The number of hydrogen-bond acceptors (Lipinski definition) is 5. The summed E-state index contributed by atoms with van der Waals surface area (Å²) < 4.78 is 5.34. The first-order valence-electron chi connectivity index (χ1n) is 13.5. The van der Waals surface area contributed by atoms with Crippen LogP contribution < -0.4 is 16.4 Å². The van der Waals surface area contributed by atoms with E-state index >= 15 is 0 Å². The summed E-state index contributed by atoms with van der Waals surface area (Å²) in [6, 6.07) is 17.5. The number of nitrogens with zero attached hydrogens (tertiary/aromatic N) is 1. The second kappa shape index (κ2) is 14.0. The molecule has 9 heteroatoms. The lowest BCUT2D eigenvalue weighted by atomic mass is 10.00. The van der Waals surface area contributed by atoms with Crippen molar-refractivity contribution in [1.29, 1.82) is 0 Å². The average molecular weight is 569 g/mol. The molecule has 0 saturated carbocycles. The Morgan fingerprint density at radius 2 is 1.71 bits per heavy atom. The van der Waals surface area contributed by atoms with E-state index in [1.807, 2.05) is 36.4 Å². The van der Waals surface area contributed by atoms with E-state index in [9.17, 15) is 19.2 Å². The van der Waals surface area contributed by atoms with Gasteiger partial charge in [-0.05, 0) is 67.8 Å². The van der Waals surface area contributed by atoms with Crippen molar-refractivity contribution >= 4 is 40.3 Å². The molecule has 3 aromatic rings. The normalized spacial score (nSPS) is 12.3. The first-order chi connectivity index (χ1) is 19.9. The second-order valence-corrected chi connectivity index (χ2v) is 10.7. The Morgan fingerprint density at radius 1 is 1.05 bits per heavy atom. The molecule has 0 aliphatic heterocycles. The molecule has 0 heterocycles. The monoisotopic (exact) mass is 568 g/mol. The highest BCUT2D eigenvalue weighted by atomic mass is 16.6. The maximum absolute atomic E-state index is 14.1. The van der Waals surface area contributed by atoms with Crippen molar-refractivity contribution in [1.82, 2.24) is 10.2 Å². The number of carbonyl (C=O) groups is 4. The Hall–Kier alpha value is -5.10. The fraction of sp³-hybridized carbons (Fsp3) is 0.273. The van der Waals surface area contributed by atoms with E-state index in [0.717, 1.165) is 10.8 Å². The smallest absolute Gasteiger partial charge is 0.408 e. The van der Waals surface area contributed by atoms with Crippen LogP contribution in [0.5, 0.6) is 0 Å². The van der Waals surface area contributed by atoms with E-state index in [0.29, 0.717) is 16.8 Å². The maximum Gasteiger partial charge on any atom is 0.408 e. The van der Waals surface area contributed by atoms with Gasteiger partial charge in [0.25, 0.3) is 5.91 Å². The predicted molar refractivity (Wildman–Crippen MR) is 163 cm³/mol. The number of anilines is 1. The third-order valence-corrected chi connectivity index (χ3v) is 6.25. The standard InChI is InChI=1S/C33H36N4O5/c1-6-20-37(31(40)27(18-19-28(34)38)36-32(41)42-33(3,4)5)29(24-14-12-22(7-2)13-15-24)30(39)35-26-17-16-23-10-8-9-11-25(23)21-26/h2,6,8-17,21,27,29H,1,18-20H2,3-5H3,(H2,34,38)(H,35,39)(H,36,41). The van der Waals surface area contributed by atoms with Gasteiger partial charge in [0.1, 0.15) is 17.7 Å². The Bertz CT molecular complexity index is 1500. The summed E-state index contributed by atoms with van der Waals surface area (Å²) in [5.74, 6) is 0.767. The maximum atomic E-state index is 14.1. The number of hydrogen-bond donors (Lipinski definition) is 3. The lowest BCUT2D eigenvalue weighted by Gasteiger charge is -2.34. The largest absolute Gasteiger partial charge is 0.444 e. The molecule has 0 bridgehead atoms. The zero-order valence-electron chi connectivity index (χ0n) is 24.1. The minimum Gasteiger partial charge on any atom is -0.444 e. The number of fused-ring (bicyclic) bond motifs is 1. The Morgan fingerprint density at radius 3 is 2.31 bits per heavy atom. The van der Waals surface area contributed by atoms with Crippen molar-refractivity contribution in [2.75, 3.05) is 11.9 Å². The Labute approximate surface area is 246 Å². The molecule has 0 radical (unpaired) electrons. The third kappa shape index (κ3) is 8.70. The Kier molecular flexibility index (Phi) is 10.5. The number of amides is 4. The zero-order valence-corrected chi connectivity index (χ0v) is 24.1. The minimum atomic E-state index is -1.21. The first-order valence-corrected chi connectivity index (χ1v) is 13.5. The number of rotatable bonds is 11. The number of benzene rings is 3. The van der Waals surface area contributed by atoms with Gasteiger partial charge in [0.2, 0.25) is 11.8 Å². The van der Waals surface area contributed by atoms with Gasteiger partial charge >= 0.3 is 6.09 Å². The molecular weight excluding hydrogens is 532 g/mol. The Balaban J connectivity index is 2.02. The van der Waals surface area contributed by atoms with Crippen LogP contribution in [0.1, 0.15) is 50.8 Å². The molecule has 0 spiro atoms. The summed E-state index contributed by atoms with van der Waals surface area (Å²) in [4.78, 5) is 53.6. The van der Waals surface area contributed by atoms with E-state index in [1.54, 1.807) is 51.1 Å². The molecule has 0 aromatic heterocycles. The van der Waals surface area contributed by atoms with Crippen LogP contribution in [0.4, 0.5) is 10.5 Å². The van der Waals surface area contributed by atoms with Crippen molar-refractivity contribution in [3.05, 3.63) is 90.5 Å². The number of alkyl carbamates (subject to hydrolysis) is 1. The van der Waals surface area contributed by atoms with Crippen LogP contribution in [0, 0.1) is 12.3 Å². The molecule has 3 rings (SSSR count). The van der Waals surface area contributed by atoms with Gasteiger partial charge in [-0.1, -0.05) is 54.5 Å². The summed E-state index contributed by atoms with van der Waals surface area (Å²) in [7, 11) is 0. The van der Waals surface area contributed by atoms with Crippen LogP contribution in [-0.4, -0.2) is 46.9 Å². The molecule has 4 N–H and O–H groups in total. The fourth-order valence-corrected chi connectivity index (χ4v) is 4.37. The van der Waals surface area contributed by atoms with E-state index in [4.69, 9.17) is 16.9 Å². The summed E-state index contributed by atoms with van der Waals surface area (Å²) in [5, 5.41) is 7.40. The topological polar surface area (TPSA) is 131 Å². The van der Waals surface area contributed by atoms with E-state index < -0.39 is 41.5 Å². The van der Waals surface area contributed by atoms with Gasteiger partial charge in [-0.15, -0.1) is 13.0 Å². The van der Waals surface area contributed by atoms with E-state index in [1.165, 1.54) is 11.0 Å². The number of carbonyl (C=O) groups excluding carboxylic acids is 4. The van der Waals surface area contributed by atoms with E-state index in [2.05, 4.69) is 23.1 Å².